The Balaban J connectivity index is 3.13. The summed E-state index contributed by atoms with van der Waals surface area (Å²) in [5.41, 5.74) is 0. The summed E-state index contributed by atoms with van der Waals surface area (Å²) in [5.74, 6) is 1.10. The number of thiol groups is 1. The van der Waals surface area contributed by atoms with Crippen molar-refractivity contribution in [2.75, 3.05) is 132 Å². The Morgan fingerprint density at radius 2 is 0.854 bits per heavy atom. The number of amides is 1. The largest absolute Gasteiger partial charge is 0.377 e. The predicted octanol–water partition coefficient (Wildman–Crippen LogP) is 3.37. The fraction of sp³-hybridized carbons (Fsp3) is 0.967. The van der Waals surface area contributed by atoms with E-state index in [1.165, 1.54) is 38.5 Å². The molecule has 0 fully saturated rings. The van der Waals surface area contributed by atoms with Crippen molar-refractivity contribution in [3.05, 3.63) is 0 Å². The van der Waals surface area contributed by atoms with E-state index in [-0.39, 0.29) is 5.91 Å². The highest BCUT2D eigenvalue weighted by atomic mass is 32.1. The molecule has 0 rings (SSSR count). The molecule has 0 atom stereocenters. The van der Waals surface area contributed by atoms with Crippen LogP contribution in [0, 0.1) is 0 Å². The number of likely N-dealkylation sites (N-methyl/N-ethyl adjacent to an activating group) is 1. The number of nitrogens with zero attached hydrogens (tertiary/aromatic N) is 1. The maximum absolute atomic E-state index is 11.9. The van der Waals surface area contributed by atoms with Crippen molar-refractivity contribution in [1.82, 2.24) is 5.32 Å². The molecule has 0 aromatic rings. The van der Waals surface area contributed by atoms with Gasteiger partial charge in [0.15, 0.2) is 0 Å². The number of rotatable bonds is 34. The lowest BCUT2D eigenvalue weighted by Gasteiger charge is -2.23. The number of nitrogens with one attached hydrogen (secondary N) is 1. The summed E-state index contributed by atoms with van der Waals surface area (Å²) >= 11 is 4.23. The molecule has 41 heavy (non-hydrogen) atoms. The van der Waals surface area contributed by atoms with Gasteiger partial charge in [-0.3, -0.25) is 4.79 Å². The number of carbonyl (C=O) groups excluding carboxylic acids is 1. The Labute approximate surface area is 256 Å². The molecule has 0 bridgehead atoms. The van der Waals surface area contributed by atoms with Crippen molar-refractivity contribution in [1.29, 1.82) is 0 Å². The zero-order valence-electron chi connectivity index (χ0n) is 26.5. The van der Waals surface area contributed by atoms with Crippen LogP contribution >= 0.6 is 12.6 Å². The summed E-state index contributed by atoms with van der Waals surface area (Å²) in [4.78, 5) is 11.9. The maximum atomic E-state index is 11.9. The number of hydrogen-bond donors (Lipinski definition) is 2. The molecule has 0 aliphatic heterocycles. The number of ether oxygens (including phenoxy) is 7. The number of quaternary nitrogens is 1. The van der Waals surface area contributed by atoms with Gasteiger partial charge in [-0.1, -0.05) is 38.5 Å². The van der Waals surface area contributed by atoms with E-state index >= 15 is 0 Å². The average Bonchev–Trinajstić information content (AvgIpc) is 2.93. The zero-order chi connectivity index (χ0) is 30.1. The van der Waals surface area contributed by atoms with Crippen LogP contribution in [0.1, 0.15) is 57.8 Å². The van der Waals surface area contributed by atoms with Gasteiger partial charge in [-0.15, -0.1) is 0 Å². The van der Waals surface area contributed by atoms with Gasteiger partial charge in [0.2, 0.25) is 5.91 Å². The van der Waals surface area contributed by atoms with Crippen LogP contribution in [0.15, 0.2) is 0 Å². The quantitative estimate of drug-likeness (QED) is 0.0650. The van der Waals surface area contributed by atoms with E-state index in [9.17, 15) is 4.79 Å². The molecule has 1 N–H and O–H groups in total. The van der Waals surface area contributed by atoms with Crippen molar-refractivity contribution in [2.45, 2.75) is 57.8 Å². The van der Waals surface area contributed by atoms with E-state index in [2.05, 4.69) is 39.1 Å². The molecule has 0 saturated carbocycles. The molecule has 0 aliphatic carbocycles. The van der Waals surface area contributed by atoms with Crippen LogP contribution in [0.3, 0.4) is 0 Å². The van der Waals surface area contributed by atoms with Crippen LogP contribution < -0.4 is 5.32 Å². The molecule has 0 aromatic carbocycles. The third-order valence-corrected chi connectivity index (χ3v) is 6.34. The van der Waals surface area contributed by atoms with Crippen molar-refractivity contribution in [3.63, 3.8) is 0 Å². The van der Waals surface area contributed by atoms with Gasteiger partial charge in [-0.05, 0) is 18.6 Å². The van der Waals surface area contributed by atoms with E-state index in [0.717, 1.165) is 36.2 Å². The Hall–Kier alpha value is -0.500. The van der Waals surface area contributed by atoms with E-state index in [0.29, 0.717) is 98.9 Å². The zero-order valence-corrected chi connectivity index (χ0v) is 27.4. The Kier molecular flexibility index (Phi) is 32.0. The van der Waals surface area contributed by atoms with E-state index in [1.54, 1.807) is 0 Å². The fourth-order valence-corrected chi connectivity index (χ4v) is 3.79. The highest BCUT2D eigenvalue weighted by Gasteiger charge is 2.05. The predicted molar refractivity (Wildman–Crippen MR) is 167 cm³/mol. The summed E-state index contributed by atoms with van der Waals surface area (Å²) in [7, 11) is 6.44. The van der Waals surface area contributed by atoms with Crippen molar-refractivity contribution < 1.29 is 42.4 Å². The first kappa shape index (κ1) is 40.5. The van der Waals surface area contributed by atoms with Crippen LogP contribution in [-0.2, 0) is 38.0 Å². The van der Waals surface area contributed by atoms with E-state index < -0.39 is 0 Å². The van der Waals surface area contributed by atoms with Crippen LogP contribution in [0.25, 0.3) is 0 Å². The Morgan fingerprint density at radius 3 is 1.24 bits per heavy atom. The van der Waals surface area contributed by atoms with Gasteiger partial charge >= 0.3 is 0 Å². The van der Waals surface area contributed by atoms with Gasteiger partial charge in [0.05, 0.1) is 114 Å². The Morgan fingerprint density at radius 1 is 0.512 bits per heavy atom. The number of carbonyl (C=O) groups is 1. The third-order valence-electron chi connectivity index (χ3n) is 6.02. The summed E-state index contributed by atoms with van der Waals surface area (Å²) in [5, 5.41) is 2.91. The minimum absolute atomic E-state index is 0.112. The molecule has 0 saturated heterocycles. The molecule has 246 valence electrons. The smallest absolute Gasteiger partial charge is 0.220 e. The number of hydrogen-bond acceptors (Lipinski definition) is 9. The minimum atomic E-state index is 0.112. The molecule has 0 aliphatic rings. The van der Waals surface area contributed by atoms with Crippen molar-refractivity contribution >= 4 is 18.5 Å². The van der Waals surface area contributed by atoms with Crippen molar-refractivity contribution in [3.8, 4) is 0 Å². The molecule has 10 nitrogen and oxygen atoms in total. The van der Waals surface area contributed by atoms with Gasteiger partial charge < -0.3 is 43.0 Å². The highest BCUT2D eigenvalue weighted by molar-refractivity contribution is 7.80. The van der Waals surface area contributed by atoms with Gasteiger partial charge in [0, 0.05) is 13.0 Å². The molecule has 11 heteroatoms. The van der Waals surface area contributed by atoms with Crippen LogP contribution in [0.5, 0.6) is 0 Å². The van der Waals surface area contributed by atoms with Gasteiger partial charge in [0.1, 0.15) is 6.54 Å². The summed E-state index contributed by atoms with van der Waals surface area (Å²) < 4.78 is 39.3. The summed E-state index contributed by atoms with van der Waals surface area (Å²) in [6.45, 7) is 9.22. The Bertz CT molecular complexity index is 541. The van der Waals surface area contributed by atoms with Crippen LogP contribution in [0.4, 0.5) is 0 Å². The van der Waals surface area contributed by atoms with Gasteiger partial charge in [-0.25, -0.2) is 0 Å². The van der Waals surface area contributed by atoms with Crippen molar-refractivity contribution in [2.24, 2.45) is 0 Å². The first-order chi connectivity index (χ1) is 20.0. The van der Waals surface area contributed by atoms with Gasteiger partial charge in [0.25, 0.3) is 0 Å². The summed E-state index contributed by atoms with van der Waals surface area (Å²) in [6, 6.07) is 0. The summed E-state index contributed by atoms with van der Waals surface area (Å²) in [6.07, 6.45) is 10.3. The van der Waals surface area contributed by atoms with Crippen LogP contribution in [0.2, 0.25) is 0 Å². The monoisotopic (exact) mass is 611 g/mol. The van der Waals surface area contributed by atoms with E-state index in [4.69, 9.17) is 33.2 Å². The maximum Gasteiger partial charge on any atom is 0.220 e. The van der Waals surface area contributed by atoms with E-state index in [1.807, 2.05) is 0 Å². The molecular formula is C30H63N2O8S+. The lowest BCUT2D eigenvalue weighted by atomic mass is 10.1. The average molecular weight is 612 g/mol. The molecule has 0 radical (unpaired) electrons. The first-order valence-corrected chi connectivity index (χ1v) is 16.3. The molecule has 0 heterocycles. The third kappa shape index (κ3) is 37.5. The SMILES string of the molecule is C[N+](C)(C)CCOCCOCCOCCOCCOCCOCCOCCNC(=O)CCCCCCCCCCS. The van der Waals surface area contributed by atoms with Crippen LogP contribution in [-0.4, -0.2) is 143 Å². The molecular weight excluding hydrogens is 548 g/mol. The second-order valence-corrected chi connectivity index (χ2v) is 11.4. The lowest BCUT2D eigenvalue weighted by Crippen LogP contribution is -2.37. The molecule has 1 amide bonds. The normalized spacial score (nSPS) is 11.8. The second kappa shape index (κ2) is 32.4. The topological polar surface area (TPSA) is 93.7 Å². The molecule has 0 unspecified atom stereocenters. The molecule has 0 spiro atoms. The standard InChI is InChI=1S/C30H62N2O8S/c1-32(2,3)14-16-35-18-20-37-22-24-39-26-28-40-27-25-38-23-21-36-19-17-34-15-13-31-30(33)12-10-8-6-4-5-7-9-11-29-41/h4-29H2,1-3H3,(H-,31,33,41)/p+1. The second-order valence-electron chi connectivity index (χ2n) is 11.0. The molecule has 0 aromatic heterocycles. The van der Waals surface area contributed by atoms with Gasteiger partial charge in [-0.2, -0.15) is 12.6 Å². The highest BCUT2D eigenvalue weighted by Crippen LogP contribution is 2.09. The fourth-order valence-electron chi connectivity index (χ4n) is 3.57. The lowest BCUT2D eigenvalue weighted by molar-refractivity contribution is -0.870. The first-order valence-electron chi connectivity index (χ1n) is 15.7. The number of unbranched alkanes of at least 4 members (excludes halogenated alkanes) is 7. The minimum Gasteiger partial charge on any atom is -0.377 e.